The monoisotopic (exact) mass is 359 g/mol. The summed E-state index contributed by atoms with van der Waals surface area (Å²) in [5, 5.41) is 0. The van der Waals surface area contributed by atoms with Crippen molar-refractivity contribution >= 4 is 15.8 Å². The Morgan fingerprint density at radius 2 is 1.96 bits per heavy atom. The number of anilines is 1. The zero-order valence-corrected chi connectivity index (χ0v) is 15.7. The van der Waals surface area contributed by atoms with Crippen molar-refractivity contribution < 1.29 is 8.42 Å². The lowest BCUT2D eigenvalue weighted by molar-refractivity contribution is 0.578. The van der Waals surface area contributed by atoms with Crippen LogP contribution in [0.4, 0.5) is 5.82 Å². The quantitative estimate of drug-likeness (QED) is 0.829. The summed E-state index contributed by atoms with van der Waals surface area (Å²) in [6.07, 6.45) is 1.43. The molecule has 25 heavy (non-hydrogen) atoms. The number of nitrogens with two attached hydrogens (primary N) is 1. The summed E-state index contributed by atoms with van der Waals surface area (Å²) >= 11 is 0. The molecule has 0 spiro atoms. The molecule has 3 N–H and O–H groups in total. The van der Waals surface area contributed by atoms with Crippen LogP contribution in [0, 0.1) is 0 Å². The molecule has 0 saturated heterocycles. The maximum Gasteiger partial charge on any atom is 0.241 e. The van der Waals surface area contributed by atoms with Crippen LogP contribution >= 0.6 is 0 Å². The number of nitrogens with one attached hydrogen (secondary N) is 1. The van der Waals surface area contributed by atoms with E-state index in [4.69, 9.17) is 5.73 Å². The number of aryl methyl sites for hydroxylation is 1. The maximum absolute atomic E-state index is 12.7. The standard InChI is InChI=1S/C19H25N3O2S/c1-4-13-7-5-6-8-18(13)25(23,24)22-17-11-15(17)16-10-9-14(12(2)3)19(20)21-16/h5-10,12,15,17,22H,4,11H2,1-3H3,(H2,20,21). The molecular formula is C19H25N3O2S. The Morgan fingerprint density at radius 3 is 2.60 bits per heavy atom. The highest BCUT2D eigenvalue weighted by Crippen LogP contribution is 2.41. The molecule has 0 bridgehead atoms. The minimum Gasteiger partial charge on any atom is -0.383 e. The van der Waals surface area contributed by atoms with E-state index in [0.717, 1.165) is 23.2 Å². The Labute approximate surface area is 149 Å². The van der Waals surface area contributed by atoms with Crippen molar-refractivity contribution in [1.29, 1.82) is 0 Å². The van der Waals surface area contributed by atoms with E-state index in [1.807, 2.05) is 31.2 Å². The van der Waals surface area contributed by atoms with Gasteiger partial charge in [-0.25, -0.2) is 18.1 Å². The van der Waals surface area contributed by atoms with E-state index in [-0.39, 0.29) is 12.0 Å². The van der Waals surface area contributed by atoms with Gasteiger partial charge in [-0.2, -0.15) is 0 Å². The lowest BCUT2D eigenvalue weighted by atomic mass is 10.0. The van der Waals surface area contributed by atoms with Crippen LogP contribution in [0.15, 0.2) is 41.3 Å². The van der Waals surface area contributed by atoms with Crippen molar-refractivity contribution in [1.82, 2.24) is 9.71 Å². The average molecular weight is 359 g/mol. The molecule has 3 rings (SSSR count). The fraction of sp³-hybridized carbons (Fsp3) is 0.421. The number of sulfonamides is 1. The van der Waals surface area contributed by atoms with E-state index in [2.05, 4.69) is 23.6 Å². The number of hydrogen-bond donors (Lipinski definition) is 2. The fourth-order valence-electron chi connectivity index (χ4n) is 3.17. The molecular weight excluding hydrogens is 334 g/mol. The van der Waals surface area contributed by atoms with Gasteiger partial charge in [0, 0.05) is 17.7 Å². The second kappa shape index (κ2) is 6.77. The van der Waals surface area contributed by atoms with Gasteiger partial charge in [0.25, 0.3) is 0 Å². The molecule has 1 saturated carbocycles. The van der Waals surface area contributed by atoms with E-state index >= 15 is 0 Å². The van der Waals surface area contributed by atoms with Crippen LogP contribution in [0.2, 0.25) is 0 Å². The molecule has 2 unspecified atom stereocenters. The zero-order chi connectivity index (χ0) is 18.2. The Bertz CT molecular complexity index is 878. The summed E-state index contributed by atoms with van der Waals surface area (Å²) in [7, 11) is -3.52. The van der Waals surface area contributed by atoms with Crippen LogP contribution in [0.5, 0.6) is 0 Å². The van der Waals surface area contributed by atoms with Crippen molar-refractivity contribution in [2.24, 2.45) is 0 Å². The molecule has 6 heteroatoms. The van der Waals surface area contributed by atoms with Gasteiger partial charge in [-0.1, -0.05) is 45.0 Å². The molecule has 1 heterocycles. The normalized spacial score (nSPS) is 20.0. The summed E-state index contributed by atoms with van der Waals surface area (Å²) in [6, 6.07) is 11.0. The average Bonchev–Trinajstić information content (AvgIpc) is 3.32. The number of hydrogen-bond acceptors (Lipinski definition) is 4. The Morgan fingerprint density at radius 1 is 1.24 bits per heavy atom. The second-order valence-corrected chi connectivity index (χ2v) is 8.58. The van der Waals surface area contributed by atoms with Crippen molar-refractivity contribution in [3.8, 4) is 0 Å². The number of nitrogen functional groups attached to an aromatic ring is 1. The summed E-state index contributed by atoms with van der Waals surface area (Å²) in [6.45, 7) is 6.11. The van der Waals surface area contributed by atoms with E-state index < -0.39 is 10.0 Å². The molecule has 1 aromatic heterocycles. The summed E-state index contributed by atoms with van der Waals surface area (Å²) < 4.78 is 28.2. The molecule has 2 atom stereocenters. The van der Waals surface area contributed by atoms with Gasteiger partial charge in [0.2, 0.25) is 10.0 Å². The van der Waals surface area contributed by atoms with Crippen molar-refractivity contribution in [2.45, 2.75) is 56.4 Å². The first-order valence-electron chi connectivity index (χ1n) is 8.70. The predicted octanol–water partition coefficient (Wildman–Crippen LogP) is 3.18. The highest BCUT2D eigenvalue weighted by Gasteiger charge is 2.42. The largest absolute Gasteiger partial charge is 0.383 e. The summed E-state index contributed by atoms with van der Waals surface area (Å²) in [5.41, 5.74) is 8.76. The zero-order valence-electron chi connectivity index (χ0n) is 14.9. The van der Waals surface area contributed by atoms with Gasteiger partial charge in [0.15, 0.2) is 0 Å². The second-order valence-electron chi connectivity index (χ2n) is 6.90. The first kappa shape index (κ1) is 17.9. The first-order valence-corrected chi connectivity index (χ1v) is 10.2. The summed E-state index contributed by atoms with van der Waals surface area (Å²) in [5.74, 6) is 0.949. The van der Waals surface area contributed by atoms with Crippen molar-refractivity contribution in [3.05, 3.63) is 53.2 Å². The molecule has 1 aliphatic rings. The van der Waals surface area contributed by atoms with Crippen LogP contribution in [0.1, 0.15) is 55.8 Å². The minimum absolute atomic E-state index is 0.0899. The fourth-order valence-corrected chi connectivity index (χ4v) is 4.77. The van der Waals surface area contributed by atoms with Crippen LogP contribution in [0.25, 0.3) is 0 Å². The van der Waals surface area contributed by atoms with Crippen LogP contribution in [-0.4, -0.2) is 19.4 Å². The van der Waals surface area contributed by atoms with Gasteiger partial charge >= 0.3 is 0 Å². The summed E-state index contributed by atoms with van der Waals surface area (Å²) in [4.78, 5) is 4.85. The number of aromatic nitrogens is 1. The van der Waals surface area contributed by atoms with Crippen molar-refractivity contribution in [2.75, 3.05) is 5.73 Å². The van der Waals surface area contributed by atoms with E-state index in [0.29, 0.717) is 23.1 Å². The molecule has 2 aromatic rings. The first-order chi connectivity index (χ1) is 11.8. The van der Waals surface area contributed by atoms with Gasteiger partial charge in [-0.05, 0) is 42.0 Å². The Kier molecular flexibility index (Phi) is 4.84. The molecule has 0 aliphatic heterocycles. The smallest absolute Gasteiger partial charge is 0.241 e. The van der Waals surface area contributed by atoms with Crippen LogP contribution in [-0.2, 0) is 16.4 Å². The molecule has 0 amide bonds. The highest BCUT2D eigenvalue weighted by atomic mass is 32.2. The topological polar surface area (TPSA) is 85.1 Å². The Balaban J connectivity index is 1.75. The predicted molar refractivity (Wildman–Crippen MR) is 100 cm³/mol. The molecule has 1 aliphatic carbocycles. The van der Waals surface area contributed by atoms with Gasteiger partial charge in [-0.15, -0.1) is 0 Å². The Hall–Kier alpha value is -1.92. The third-order valence-electron chi connectivity index (χ3n) is 4.72. The van der Waals surface area contributed by atoms with E-state index in [1.165, 1.54) is 0 Å². The SMILES string of the molecule is CCc1ccccc1S(=O)(=O)NC1CC1c1ccc(C(C)C)c(N)n1. The molecule has 1 fully saturated rings. The number of rotatable bonds is 6. The van der Waals surface area contributed by atoms with Gasteiger partial charge in [0.1, 0.15) is 5.82 Å². The van der Waals surface area contributed by atoms with Crippen LogP contribution < -0.4 is 10.5 Å². The lowest BCUT2D eigenvalue weighted by Gasteiger charge is -2.11. The van der Waals surface area contributed by atoms with E-state index in [1.54, 1.807) is 12.1 Å². The number of pyridine rings is 1. The molecule has 0 radical (unpaired) electrons. The van der Waals surface area contributed by atoms with Gasteiger partial charge in [-0.3, -0.25) is 0 Å². The van der Waals surface area contributed by atoms with E-state index in [9.17, 15) is 8.42 Å². The van der Waals surface area contributed by atoms with Crippen molar-refractivity contribution in [3.63, 3.8) is 0 Å². The molecule has 1 aromatic carbocycles. The maximum atomic E-state index is 12.7. The minimum atomic E-state index is -3.52. The molecule has 134 valence electrons. The number of benzene rings is 1. The lowest BCUT2D eigenvalue weighted by Crippen LogP contribution is -2.27. The third kappa shape index (κ3) is 3.70. The highest BCUT2D eigenvalue weighted by molar-refractivity contribution is 7.89. The van der Waals surface area contributed by atoms with Gasteiger partial charge in [0.05, 0.1) is 4.90 Å². The third-order valence-corrected chi connectivity index (χ3v) is 6.31. The van der Waals surface area contributed by atoms with Gasteiger partial charge < -0.3 is 5.73 Å². The van der Waals surface area contributed by atoms with Crippen LogP contribution in [0.3, 0.4) is 0 Å². The number of nitrogens with zero attached hydrogens (tertiary/aromatic N) is 1. The molecule has 5 nitrogen and oxygen atoms in total.